The molecule has 1 N–H and O–H groups in total. The van der Waals surface area contributed by atoms with Crippen LogP contribution in [0.1, 0.15) is 19.8 Å². The van der Waals surface area contributed by atoms with E-state index in [2.05, 4.69) is 36.1 Å². The molecule has 0 aliphatic carbocycles. The summed E-state index contributed by atoms with van der Waals surface area (Å²) in [6.07, 6.45) is 2.79. The summed E-state index contributed by atoms with van der Waals surface area (Å²) in [4.78, 5) is 4.74. The molecule has 0 amide bonds. The normalized spacial score (nSPS) is 22.9. The molecule has 0 aromatic carbocycles. The average Bonchev–Trinajstić information content (AvgIpc) is 2.47. The molecule has 4 nitrogen and oxygen atoms in total. The quantitative estimate of drug-likeness (QED) is 0.664. The van der Waals surface area contributed by atoms with Gasteiger partial charge in [-0.15, -0.1) is 0 Å². The second-order valence-corrected chi connectivity index (χ2v) is 5.24. The zero-order valence-electron chi connectivity index (χ0n) is 11.7. The van der Waals surface area contributed by atoms with Gasteiger partial charge in [0, 0.05) is 32.8 Å². The molecule has 0 bridgehead atoms. The predicted octanol–water partition coefficient (Wildman–Crippen LogP) is 0.639. The molecule has 1 fully saturated rings. The number of hydrogen-bond acceptors (Lipinski definition) is 4. The standard InChI is InChI=1S/C13H29N3O/c1-13-12-16(9-5-11-17-13)10-7-14-6-4-8-15(2)3/h13-14H,4-12H2,1-3H3. The highest BCUT2D eigenvalue weighted by Crippen LogP contribution is 2.04. The molecule has 1 heterocycles. The first-order valence-electron chi connectivity index (χ1n) is 6.88. The Morgan fingerprint density at radius 2 is 2.18 bits per heavy atom. The fourth-order valence-electron chi connectivity index (χ4n) is 2.17. The Labute approximate surface area is 106 Å². The lowest BCUT2D eigenvalue weighted by atomic mass is 10.3. The molecule has 0 aromatic heterocycles. The first-order valence-corrected chi connectivity index (χ1v) is 6.88. The van der Waals surface area contributed by atoms with Gasteiger partial charge in [0.2, 0.25) is 0 Å². The van der Waals surface area contributed by atoms with Gasteiger partial charge in [0.25, 0.3) is 0 Å². The van der Waals surface area contributed by atoms with Gasteiger partial charge in [0.05, 0.1) is 6.10 Å². The van der Waals surface area contributed by atoms with Crippen molar-refractivity contribution in [2.75, 3.05) is 60.0 Å². The molecule has 17 heavy (non-hydrogen) atoms. The van der Waals surface area contributed by atoms with Crippen LogP contribution in [-0.2, 0) is 4.74 Å². The molecule has 0 spiro atoms. The van der Waals surface area contributed by atoms with E-state index in [1.54, 1.807) is 0 Å². The molecule has 1 atom stereocenters. The smallest absolute Gasteiger partial charge is 0.0673 e. The maximum atomic E-state index is 5.64. The lowest BCUT2D eigenvalue weighted by Gasteiger charge is -2.21. The van der Waals surface area contributed by atoms with E-state index in [9.17, 15) is 0 Å². The van der Waals surface area contributed by atoms with Crippen molar-refractivity contribution < 1.29 is 4.74 Å². The van der Waals surface area contributed by atoms with E-state index in [0.717, 1.165) is 32.8 Å². The van der Waals surface area contributed by atoms with Gasteiger partial charge in [0.1, 0.15) is 0 Å². The Kier molecular flexibility index (Phi) is 7.77. The summed E-state index contributed by atoms with van der Waals surface area (Å²) in [5.74, 6) is 0. The van der Waals surface area contributed by atoms with Gasteiger partial charge >= 0.3 is 0 Å². The van der Waals surface area contributed by atoms with Crippen LogP contribution in [0.15, 0.2) is 0 Å². The SMILES string of the molecule is CC1CN(CCNCCCN(C)C)CCCO1. The Morgan fingerprint density at radius 1 is 1.35 bits per heavy atom. The van der Waals surface area contributed by atoms with E-state index in [1.807, 2.05) is 0 Å². The third-order valence-corrected chi connectivity index (χ3v) is 3.10. The zero-order valence-corrected chi connectivity index (χ0v) is 11.7. The van der Waals surface area contributed by atoms with E-state index >= 15 is 0 Å². The Morgan fingerprint density at radius 3 is 2.94 bits per heavy atom. The monoisotopic (exact) mass is 243 g/mol. The molecule has 0 aromatic rings. The summed E-state index contributed by atoms with van der Waals surface area (Å²) in [6.45, 7) is 9.90. The number of ether oxygens (including phenoxy) is 1. The maximum absolute atomic E-state index is 5.64. The molecule has 1 unspecified atom stereocenters. The number of nitrogens with one attached hydrogen (secondary N) is 1. The second kappa shape index (κ2) is 8.86. The van der Waals surface area contributed by atoms with Crippen molar-refractivity contribution >= 4 is 0 Å². The molecule has 102 valence electrons. The summed E-state index contributed by atoms with van der Waals surface area (Å²) < 4.78 is 5.64. The van der Waals surface area contributed by atoms with E-state index in [4.69, 9.17) is 4.74 Å². The molecular formula is C13H29N3O. The summed E-state index contributed by atoms with van der Waals surface area (Å²) >= 11 is 0. The first-order chi connectivity index (χ1) is 8.18. The molecule has 1 aliphatic heterocycles. The summed E-state index contributed by atoms with van der Waals surface area (Å²) in [5, 5.41) is 3.51. The molecule has 4 heteroatoms. The maximum Gasteiger partial charge on any atom is 0.0673 e. The summed E-state index contributed by atoms with van der Waals surface area (Å²) in [5.41, 5.74) is 0. The van der Waals surface area contributed by atoms with Crippen LogP contribution in [0.4, 0.5) is 0 Å². The first kappa shape index (κ1) is 14.9. The van der Waals surface area contributed by atoms with Crippen molar-refractivity contribution in [1.29, 1.82) is 0 Å². The molecule has 1 saturated heterocycles. The lowest BCUT2D eigenvalue weighted by molar-refractivity contribution is 0.0679. The highest BCUT2D eigenvalue weighted by Gasteiger charge is 2.13. The number of hydrogen-bond donors (Lipinski definition) is 1. The molecule has 0 saturated carbocycles. The van der Waals surface area contributed by atoms with Crippen molar-refractivity contribution in [3.8, 4) is 0 Å². The van der Waals surface area contributed by atoms with Crippen LogP contribution in [0.5, 0.6) is 0 Å². The van der Waals surface area contributed by atoms with Gasteiger partial charge < -0.3 is 15.0 Å². The number of nitrogens with zero attached hydrogens (tertiary/aromatic N) is 2. The Bertz CT molecular complexity index is 188. The van der Waals surface area contributed by atoms with Crippen LogP contribution in [0.3, 0.4) is 0 Å². The largest absolute Gasteiger partial charge is 0.377 e. The zero-order chi connectivity index (χ0) is 12.5. The van der Waals surface area contributed by atoms with Crippen LogP contribution in [0.25, 0.3) is 0 Å². The minimum atomic E-state index is 0.395. The summed E-state index contributed by atoms with van der Waals surface area (Å²) in [6, 6.07) is 0. The van der Waals surface area contributed by atoms with Gasteiger partial charge in [0.15, 0.2) is 0 Å². The van der Waals surface area contributed by atoms with Crippen LogP contribution in [-0.4, -0.2) is 75.9 Å². The third-order valence-electron chi connectivity index (χ3n) is 3.10. The van der Waals surface area contributed by atoms with E-state index in [0.29, 0.717) is 6.10 Å². The van der Waals surface area contributed by atoms with E-state index in [-0.39, 0.29) is 0 Å². The van der Waals surface area contributed by atoms with Gasteiger partial charge in [-0.1, -0.05) is 0 Å². The van der Waals surface area contributed by atoms with Crippen LogP contribution >= 0.6 is 0 Å². The fraction of sp³-hybridized carbons (Fsp3) is 1.00. The fourth-order valence-corrected chi connectivity index (χ4v) is 2.17. The van der Waals surface area contributed by atoms with Crippen molar-refractivity contribution in [2.45, 2.75) is 25.9 Å². The van der Waals surface area contributed by atoms with Crippen molar-refractivity contribution in [1.82, 2.24) is 15.1 Å². The van der Waals surface area contributed by atoms with Crippen molar-refractivity contribution in [3.05, 3.63) is 0 Å². The second-order valence-electron chi connectivity index (χ2n) is 5.24. The summed E-state index contributed by atoms with van der Waals surface area (Å²) in [7, 11) is 4.25. The van der Waals surface area contributed by atoms with Crippen molar-refractivity contribution in [3.63, 3.8) is 0 Å². The van der Waals surface area contributed by atoms with Crippen LogP contribution < -0.4 is 5.32 Å². The third kappa shape index (κ3) is 7.71. The van der Waals surface area contributed by atoms with Gasteiger partial charge in [-0.3, -0.25) is 4.90 Å². The Balaban J connectivity index is 1.97. The molecule has 1 rings (SSSR count). The molecule has 1 aliphatic rings. The van der Waals surface area contributed by atoms with Gasteiger partial charge in [-0.05, 0) is 47.0 Å². The average molecular weight is 243 g/mol. The van der Waals surface area contributed by atoms with Gasteiger partial charge in [-0.2, -0.15) is 0 Å². The minimum Gasteiger partial charge on any atom is -0.377 e. The van der Waals surface area contributed by atoms with Gasteiger partial charge in [-0.25, -0.2) is 0 Å². The highest BCUT2D eigenvalue weighted by molar-refractivity contribution is 4.67. The van der Waals surface area contributed by atoms with Crippen LogP contribution in [0, 0.1) is 0 Å². The molecular weight excluding hydrogens is 214 g/mol. The highest BCUT2D eigenvalue weighted by atomic mass is 16.5. The van der Waals surface area contributed by atoms with E-state index < -0.39 is 0 Å². The number of rotatable bonds is 7. The predicted molar refractivity (Wildman–Crippen MR) is 72.5 cm³/mol. The minimum absolute atomic E-state index is 0.395. The van der Waals surface area contributed by atoms with Crippen molar-refractivity contribution in [2.24, 2.45) is 0 Å². The lowest BCUT2D eigenvalue weighted by Crippen LogP contribution is -2.36. The van der Waals surface area contributed by atoms with Crippen LogP contribution in [0.2, 0.25) is 0 Å². The Hall–Kier alpha value is -0.160. The topological polar surface area (TPSA) is 27.7 Å². The van der Waals surface area contributed by atoms with E-state index in [1.165, 1.54) is 25.9 Å². The molecule has 0 radical (unpaired) electrons.